The Morgan fingerprint density at radius 1 is 1.50 bits per heavy atom. The van der Waals surface area contributed by atoms with Crippen molar-refractivity contribution in [3.63, 3.8) is 0 Å². The molecule has 0 aromatic heterocycles. The topological polar surface area (TPSA) is 41.6 Å². The molecular weight excluding hydrogens is 266 g/mol. The van der Waals surface area contributed by atoms with Gasteiger partial charge in [0.1, 0.15) is 17.7 Å². The first-order valence-corrected chi connectivity index (χ1v) is 6.53. The van der Waals surface area contributed by atoms with Gasteiger partial charge in [-0.3, -0.25) is 4.79 Å². The second-order valence-electron chi connectivity index (χ2n) is 4.87. The van der Waals surface area contributed by atoms with Gasteiger partial charge >= 0.3 is 0 Å². The molecule has 20 heavy (non-hydrogen) atoms. The molecule has 2 rings (SSSR count). The van der Waals surface area contributed by atoms with E-state index < -0.39 is 23.7 Å². The van der Waals surface area contributed by atoms with Gasteiger partial charge in [-0.1, -0.05) is 0 Å². The molecule has 1 saturated heterocycles. The molecule has 1 N–H and O–H groups in total. The molecule has 1 amide bonds. The summed E-state index contributed by atoms with van der Waals surface area (Å²) >= 11 is 0. The van der Waals surface area contributed by atoms with Crippen LogP contribution in [0.15, 0.2) is 18.2 Å². The van der Waals surface area contributed by atoms with Crippen LogP contribution in [0.4, 0.5) is 8.78 Å². The normalized spacial score (nSPS) is 20.5. The lowest BCUT2D eigenvalue weighted by molar-refractivity contribution is -0.137. The smallest absolute Gasteiger partial charge is 0.242 e. The first kappa shape index (κ1) is 14.9. The number of carbonyl (C=O) groups is 1. The number of nitrogens with one attached hydrogen (secondary N) is 1. The van der Waals surface area contributed by atoms with Gasteiger partial charge in [0.05, 0.1) is 19.3 Å². The summed E-state index contributed by atoms with van der Waals surface area (Å²) in [6.07, 6.45) is 0. The molecule has 0 saturated carbocycles. The molecule has 1 fully saturated rings. The monoisotopic (exact) mass is 284 g/mol. The molecule has 1 aromatic carbocycles. The van der Waals surface area contributed by atoms with E-state index in [0.717, 1.165) is 18.2 Å². The molecule has 0 aliphatic carbocycles. The highest BCUT2D eigenvalue weighted by atomic mass is 19.1. The van der Waals surface area contributed by atoms with Gasteiger partial charge in [0.15, 0.2) is 0 Å². The van der Waals surface area contributed by atoms with Crippen LogP contribution in [0, 0.1) is 11.6 Å². The number of likely N-dealkylation sites (N-methyl/N-ethyl adjacent to an activating group) is 1. The first-order valence-electron chi connectivity index (χ1n) is 6.53. The number of amides is 1. The van der Waals surface area contributed by atoms with E-state index in [1.54, 1.807) is 14.0 Å². The Bertz CT molecular complexity index is 490. The molecule has 0 spiro atoms. The predicted octanol–water partition coefficient (Wildman–Crippen LogP) is 1.47. The van der Waals surface area contributed by atoms with Crippen LogP contribution >= 0.6 is 0 Å². The molecule has 110 valence electrons. The molecule has 1 aliphatic heterocycles. The van der Waals surface area contributed by atoms with Crippen LogP contribution < -0.4 is 5.32 Å². The number of rotatable bonds is 3. The summed E-state index contributed by atoms with van der Waals surface area (Å²) in [5.74, 6) is -1.24. The van der Waals surface area contributed by atoms with Crippen molar-refractivity contribution in [1.29, 1.82) is 0 Å². The highest BCUT2D eigenvalue weighted by molar-refractivity contribution is 5.82. The van der Waals surface area contributed by atoms with Gasteiger partial charge in [0, 0.05) is 19.2 Å². The summed E-state index contributed by atoms with van der Waals surface area (Å²) in [6, 6.07) is 2.26. The molecule has 1 heterocycles. The van der Waals surface area contributed by atoms with Gasteiger partial charge in [0.2, 0.25) is 5.91 Å². The second kappa shape index (κ2) is 6.28. The van der Waals surface area contributed by atoms with E-state index in [-0.39, 0.29) is 11.5 Å². The van der Waals surface area contributed by atoms with Crippen LogP contribution in [0.3, 0.4) is 0 Å². The highest BCUT2D eigenvalue weighted by Crippen LogP contribution is 2.23. The van der Waals surface area contributed by atoms with Crippen molar-refractivity contribution in [2.45, 2.75) is 19.0 Å². The van der Waals surface area contributed by atoms with Gasteiger partial charge in [-0.05, 0) is 25.1 Å². The van der Waals surface area contributed by atoms with Crippen molar-refractivity contribution in [3.05, 3.63) is 35.4 Å². The molecule has 2 atom stereocenters. The average Bonchev–Trinajstić information content (AvgIpc) is 2.48. The van der Waals surface area contributed by atoms with E-state index in [9.17, 15) is 13.6 Å². The molecule has 0 bridgehead atoms. The molecule has 1 aromatic rings. The summed E-state index contributed by atoms with van der Waals surface area (Å²) in [4.78, 5) is 13.7. The fourth-order valence-electron chi connectivity index (χ4n) is 2.20. The maximum Gasteiger partial charge on any atom is 0.242 e. The zero-order valence-corrected chi connectivity index (χ0v) is 11.5. The minimum atomic E-state index is -0.554. The van der Waals surface area contributed by atoms with Crippen molar-refractivity contribution in [1.82, 2.24) is 10.2 Å². The zero-order chi connectivity index (χ0) is 14.7. The average molecular weight is 284 g/mol. The van der Waals surface area contributed by atoms with E-state index in [0.29, 0.717) is 19.8 Å². The molecule has 4 nitrogen and oxygen atoms in total. The van der Waals surface area contributed by atoms with Gasteiger partial charge in [-0.2, -0.15) is 0 Å². The highest BCUT2D eigenvalue weighted by Gasteiger charge is 2.28. The van der Waals surface area contributed by atoms with Crippen LogP contribution in [-0.4, -0.2) is 43.7 Å². The summed E-state index contributed by atoms with van der Waals surface area (Å²) < 4.78 is 32.2. The number of carbonyl (C=O) groups excluding carboxylic acids is 1. The Balaban J connectivity index is 2.12. The minimum absolute atomic E-state index is 0.164. The molecule has 6 heteroatoms. The van der Waals surface area contributed by atoms with Crippen molar-refractivity contribution < 1.29 is 18.3 Å². The number of nitrogens with zero attached hydrogens (tertiary/aromatic N) is 1. The zero-order valence-electron chi connectivity index (χ0n) is 11.5. The van der Waals surface area contributed by atoms with E-state index in [2.05, 4.69) is 5.32 Å². The number of benzene rings is 1. The Labute approximate surface area is 116 Å². The van der Waals surface area contributed by atoms with Crippen molar-refractivity contribution >= 4 is 5.91 Å². The third kappa shape index (κ3) is 3.13. The van der Waals surface area contributed by atoms with Crippen molar-refractivity contribution in [3.8, 4) is 0 Å². The number of halogens is 2. The second-order valence-corrected chi connectivity index (χ2v) is 4.87. The predicted molar refractivity (Wildman–Crippen MR) is 70.2 cm³/mol. The van der Waals surface area contributed by atoms with Crippen LogP contribution in [0.2, 0.25) is 0 Å². The Morgan fingerprint density at radius 3 is 2.90 bits per heavy atom. The van der Waals surface area contributed by atoms with Crippen LogP contribution in [0.25, 0.3) is 0 Å². The van der Waals surface area contributed by atoms with E-state index >= 15 is 0 Å². The lowest BCUT2D eigenvalue weighted by Crippen LogP contribution is -2.52. The molecular formula is C14H18F2N2O2. The largest absolute Gasteiger partial charge is 0.378 e. The Morgan fingerprint density at radius 2 is 2.25 bits per heavy atom. The van der Waals surface area contributed by atoms with Crippen LogP contribution in [-0.2, 0) is 9.53 Å². The lowest BCUT2D eigenvalue weighted by atomic mass is 10.1. The van der Waals surface area contributed by atoms with Gasteiger partial charge in [-0.15, -0.1) is 0 Å². The van der Waals surface area contributed by atoms with E-state index in [1.807, 2.05) is 0 Å². The third-order valence-electron chi connectivity index (χ3n) is 3.56. The standard InChI is InChI=1S/C14H18F2N2O2/c1-9(11-7-10(15)3-4-12(11)16)18(2)14(19)13-8-20-6-5-17-13/h3-4,7,9,13,17H,5-6,8H2,1-2H3. The summed E-state index contributed by atoms with van der Waals surface area (Å²) in [7, 11) is 1.58. The van der Waals surface area contributed by atoms with Crippen LogP contribution in [0.5, 0.6) is 0 Å². The van der Waals surface area contributed by atoms with Crippen molar-refractivity contribution in [2.24, 2.45) is 0 Å². The number of morpholine rings is 1. The van der Waals surface area contributed by atoms with Gasteiger partial charge in [0.25, 0.3) is 0 Å². The fourth-order valence-corrected chi connectivity index (χ4v) is 2.20. The first-order chi connectivity index (χ1) is 9.50. The van der Waals surface area contributed by atoms with Crippen LogP contribution in [0.1, 0.15) is 18.5 Å². The van der Waals surface area contributed by atoms with Gasteiger partial charge in [-0.25, -0.2) is 8.78 Å². The lowest BCUT2D eigenvalue weighted by Gasteiger charge is -2.31. The maximum atomic E-state index is 13.7. The van der Waals surface area contributed by atoms with Crippen molar-refractivity contribution in [2.75, 3.05) is 26.8 Å². The minimum Gasteiger partial charge on any atom is -0.378 e. The summed E-state index contributed by atoms with van der Waals surface area (Å²) in [5.41, 5.74) is 0.164. The summed E-state index contributed by atoms with van der Waals surface area (Å²) in [5, 5.41) is 3.05. The fraction of sp³-hybridized carbons (Fsp3) is 0.500. The Hall–Kier alpha value is -1.53. The number of hydrogen-bond donors (Lipinski definition) is 1. The molecule has 1 aliphatic rings. The van der Waals surface area contributed by atoms with E-state index in [4.69, 9.17) is 4.74 Å². The maximum absolute atomic E-state index is 13.7. The van der Waals surface area contributed by atoms with Gasteiger partial charge < -0.3 is 15.0 Å². The Kier molecular flexibility index (Phi) is 4.67. The quantitative estimate of drug-likeness (QED) is 0.914. The molecule has 0 radical (unpaired) electrons. The number of hydrogen-bond acceptors (Lipinski definition) is 3. The number of ether oxygens (including phenoxy) is 1. The molecule has 2 unspecified atom stereocenters. The summed E-state index contributed by atoms with van der Waals surface area (Å²) in [6.45, 7) is 3.13. The third-order valence-corrected chi connectivity index (χ3v) is 3.56. The van der Waals surface area contributed by atoms with E-state index in [1.165, 1.54) is 4.90 Å². The SMILES string of the molecule is CC(c1cc(F)ccc1F)N(C)C(=O)C1COCCN1.